The Hall–Kier alpha value is -0.490. The zero-order valence-corrected chi connectivity index (χ0v) is 13.7. The largest absolute Gasteiger partial charge is 0.379 e. The Balaban J connectivity index is 1.83. The third-order valence-corrected chi connectivity index (χ3v) is 4.35. The van der Waals surface area contributed by atoms with E-state index in [0.29, 0.717) is 4.47 Å². The molecule has 112 valence electrons. The molecule has 0 atom stereocenters. The molecule has 1 saturated heterocycles. The van der Waals surface area contributed by atoms with Crippen LogP contribution in [-0.4, -0.2) is 43.3 Å². The van der Waals surface area contributed by atoms with Crippen LogP contribution in [0.15, 0.2) is 22.7 Å². The predicted octanol–water partition coefficient (Wildman–Crippen LogP) is 2.79. The van der Waals surface area contributed by atoms with E-state index in [1.807, 2.05) is 12.1 Å². The quantitative estimate of drug-likeness (QED) is 0.888. The molecule has 1 heterocycles. The van der Waals surface area contributed by atoms with E-state index in [9.17, 15) is 4.39 Å². The maximum Gasteiger partial charge on any atom is 0.137 e. The van der Waals surface area contributed by atoms with Crippen LogP contribution in [-0.2, 0) is 11.3 Å². The normalized spacial score (nSPS) is 17.4. The van der Waals surface area contributed by atoms with Gasteiger partial charge in [-0.25, -0.2) is 4.39 Å². The van der Waals surface area contributed by atoms with Gasteiger partial charge in [0.1, 0.15) is 5.82 Å². The van der Waals surface area contributed by atoms with Crippen LogP contribution in [0.2, 0.25) is 0 Å². The number of nitrogens with zero attached hydrogens (tertiary/aromatic N) is 1. The molecule has 2 rings (SSSR count). The highest BCUT2D eigenvalue weighted by Gasteiger charge is 2.27. The minimum atomic E-state index is -0.220. The van der Waals surface area contributed by atoms with Gasteiger partial charge in [-0.15, -0.1) is 0 Å². The molecule has 20 heavy (non-hydrogen) atoms. The number of halogens is 2. The second-order valence-corrected chi connectivity index (χ2v) is 6.62. The Morgan fingerprint density at radius 3 is 2.70 bits per heavy atom. The number of rotatable bonds is 5. The number of hydrogen-bond acceptors (Lipinski definition) is 3. The zero-order chi connectivity index (χ0) is 14.6. The topological polar surface area (TPSA) is 24.5 Å². The summed E-state index contributed by atoms with van der Waals surface area (Å²) in [5.41, 5.74) is 1.18. The van der Waals surface area contributed by atoms with E-state index in [2.05, 4.69) is 40.0 Å². The lowest BCUT2D eigenvalue weighted by Crippen LogP contribution is -2.54. The van der Waals surface area contributed by atoms with Crippen molar-refractivity contribution in [3.05, 3.63) is 34.1 Å². The average molecular weight is 345 g/mol. The van der Waals surface area contributed by atoms with Gasteiger partial charge in [0.05, 0.1) is 17.7 Å². The molecule has 5 heteroatoms. The standard InChI is InChI=1S/C15H22BrFN2O/c1-15(2,19-5-7-20-8-6-19)11-18-10-12-3-4-14(17)13(16)9-12/h3-4,9,18H,5-8,10-11H2,1-2H3. The maximum absolute atomic E-state index is 13.2. The summed E-state index contributed by atoms with van der Waals surface area (Å²) in [7, 11) is 0. The molecule has 0 spiro atoms. The zero-order valence-electron chi connectivity index (χ0n) is 12.1. The third-order valence-electron chi connectivity index (χ3n) is 3.74. The van der Waals surface area contributed by atoms with Gasteiger partial charge in [0.15, 0.2) is 0 Å². The molecule has 0 bridgehead atoms. The first-order valence-corrected chi connectivity index (χ1v) is 7.76. The monoisotopic (exact) mass is 344 g/mol. The summed E-state index contributed by atoms with van der Waals surface area (Å²) in [6.07, 6.45) is 0. The van der Waals surface area contributed by atoms with Crippen LogP contribution in [0.3, 0.4) is 0 Å². The van der Waals surface area contributed by atoms with Gasteiger partial charge in [0.25, 0.3) is 0 Å². The number of morpholine rings is 1. The number of nitrogens with one attached hydrogen (secondary N) is 1. The summed E-state index contributed by atoms with van der Waals surface area (Å²) >= 11 is 3.22. The molecule has 0 amide bonds. The Labute approximate surface area is 128 Å². The van der Waals surface area contributed by atoms with Gasteiger partial charge >= 0.3 is 0 Å². The first-order chi connectivity index (χ1) is 9.49. The van der Waals surface area contributed by atoms with Crippen molar-refractivity contribution in [2.45, 2.75) is 25.9 Å². The summed E-state index contributed by atoms with van der Waals surface area (Å²) in [5.74, 6) is -0.220. The van der Waals surface area contributed by atoms with Crippen molar-refractivity contribution in [2.75, 3.05) is 32.8 Å². The fourth-order valence-corrected chi connectivity index (χ4v) is 2.87. The summed E-state index contributed by atoms with van der Waals surface area (Å²) in [5, 5.41) is 3.46. The van der Waals surface area contributed by atoms with E-state index in [0.717, 1.165) is 45.0 Å². The smallest absolute Gasteiger partial charge is 0.137 e. The van der Waals surface area contributed by atoms with Gasteiger partial charge in [0.2, 0.25) is 0 Å². The highest BCUT2D eigenvalue weighted by atomic mass is 79.9. The van der Waals surface area contributed by atoms with Crippen molar-refractivity contribution in [3.8, 4) is 0 Å². The van der Waals surface area contributed by atoms with Crippen LogP contribution in [0.1, 0.15) is 19.4 Å². The lowest BCUT2D eigenvalue weighted by atomic mass is 10.0. The van der Waals surface area contributed by atoms with Gasteiger partial charge in [-0.3, -0.25) is 4.90 Å². The van der Waals surface area contributed by atoms with E-state index in [-0.39, 0.29) is 11.4 Å². The van der Waals surface area contributed by atoms with Crippen molar-refractivity contribution in [2.24, 2.45) is 0 Å². The van der Waals surface area contributed by atoms with Crippen LogP contribution in [0, 0.1) is 5.82 Å². The van der Waals surface area contributed by atoms with Crippen LogP contribution in [0.5, 0.6) is 0 Å². The Kier molecular flexibility index (Phi) is 5.55. The molecule has 1 aliphatic rings. The second-order valence-electron chi connectivity index (χ2n) is 5.76. The SMILES string of the molecule is CC(C)(CNCc1ccc(F)c(Br)c1)N1CCOCC1. The first kappa shape index (κ1) is 15.9. The molecule has 0 aliphatic carbocycles. The van der Waals surface area contributed by atoms with E-state index < -0.39 is 0 Å². The number of ether oxygens (including phenoxy) is 1. The van der Waals surface area contributed by atoms with Crippen LogP contribution in [0.4, 0.5) is 4.39 Å². The van der Waals surface area contributed by atoms with E-state index >= 15 is 0 Å². The first-order valence-electron chi connectivity index (χ1n) is 6.96. The molecule has 1 fully saturated rings. The minimum Gasteiger partial charge on any atom is -0.379 e. The van der Waals surface area contributed by atoms with Crippen molar-refractivity contribution in [3.63, 3.8) is 0 Å². The van der Waals surface area contributed by atoms with Crippen LogP contribution < -0.4 is 5.32 Å². The fourth-order valence-electron chi connectivity index (χ4n) is 2.44. The highest BCUT2D eigenvalue weighted by Crippen LogP contribution is 2.18. The molecule has 1 N–H and O–H groups in total. The summed E-state index contributed by atoms with van der Waals surface area (Å²) in [6.45, 7) is 9.71. The highest BCUT2D eigenvalue weighted by molar-refractivity contribution is 9.10. The number of benzene rings is 1. The lowest BCUT2D eigenvalue weighted by molar-refractivity contribution is -0.00966. The van der Waals surface area contributed by atoms with Crippen molar-refractivity contribution in [1.82, 2.24) is 10.2 Å². The molecular weight excluding hydrogens is 323 g/mol. The summed E-state index contributed by atoms with van der Waals surface area (Å²) < 4.78 is 19.1. The molecule has 0 unspecified atom stereocenters. The fraction of sp³-hybridized carbons (Fsp3) is 0.600. The molecule has 1 aromatic rings. The number of hydrogen-bond donors (Lipinski definition) is 1. The summed E-state index contributed by atoms with van der Waals surface area (Å²) in [6, 6.07) is 5.13. The molecule has 0 aromatic heterocycles. The molecular formula is C15H22BrFN2O. The Morgan fingerprint density at radius 2 is 2.05 bits per heavy atom. The lowest BCUT2D eigenvalue weighted by Gasteiger charge is -2.41. The second kappa shape index (κ2) is 6.98. The van der Waals surface area contributed by atoms with E-state index in [1.54, 1.807) is 0 Å². The van der Waals surface area contributed by atoms with E-state index in [1.165, 1.54) is 6.07 Å². The van der Waals surface area contributed by atoms with Crippen molar-refractivity contribution >= 4 is 15.9 Å². The van der Waals surface area contributed by atoms with Crippen molar-refractivity contribution < 1.29 is 9.13 Å². The van der Waals surface area contributed by atoms with Gasteiger partial charge < -0.3 is 10.1 Å². The molecule has 1 aliphatic heterocycles. The van der Waals surface area contributed by atoms with Gasteiger partial charge in [-0.1, -0.05) is 6.07 Å². The van der Waals surface area contributed by atoms with Crippen LogP contribution in [0.25, 0.3) is 0 Å². The van der Waals surface area contributed by atoms with Crippen molar-refractivity contribution in [1.29, 1.82) is 0 Å². The van der Waals surface area contributed by atoms with Gasteiger partial charge in [-0.05, 0) is 47.5 Å². The summed E-state index contributed by atoms with van der Waals surface area (Å²) in [4.78, 5) is 2.45. The van der Waals surface area contributed by atoms with E-state index in [4.69, 9.17) is 4.74 Å². The van der Waals surface area contributed by atoms with Gasteiger partial charge in [0, 0.05) is 31.7 Å². The average Bonchev–Trinajstić information content (AvgIpc) is 2.44. The molecule has 0 saturated carbocycles. The molecule has 0 radical (unpaired) electrons. The maximum atomic E-state index is 13.2. The third kappa shape index (κ3) is 4.25. The van der Waals surface area contributed by atoms with Gasteiger partial charge in [-0.2, -0.15) is 0 Å². The van der Waals surface area contributed by atoms with Crippen LogP contribution >= 0.6 is 15.9 Å². The predicted molar refractivity (Wildman–Crippen MR) is 82.3 cm³/mol. The molecule has 3 nitrogen and oxygen atoms in total. The minimum absolute atomic E-state index is 0.0983. The molecule has 1 aromatic carbocycles. The Bertz CT molecular complexity index is 447. The Morgan fingerprint density at radius 1 is 1.35 bits per heavy atom.